The molecule has 0 aliphatic rings. The van der Waals surface area contributed by atoms with Crippen molar-refractivity contribution in [3.05, 3.63) is 95.4 Å². The molecule has 0 spiro atoms. The second-order valence-electron chi connectivity index (χ2n) is 7.82. The third-order valence-electron chi connectivity index (χ3n) is 5.67. The van der Waals surface area contributed by atoms with Crippen LogP contribution in [-0.2, 0) is 16.6 Å². The Labute approximate surface area is 206 Å². The van der Waals surface area contributed by atoms with Gasteiger partial charge in [0.1, 0.15) is 4.21 Å². The molecule has 5 rings (SSSR count). The van der Waals surface area contributed by atoms with Crippen LogP contribution in [0.2, 0.25) is 0 Å². The lowest BCUT2D eigenvalue weighted by Crippen LogP contribution is -2.21. The van der Waals surface area contributed by atoms with E-state index < -0.39 is 15.9 Å². The number of rotatable bonds is 7. The highest BCUT2D eigenvalue weighted by Gasteiger charge is 2.19. The summed E-state index contributed by atoms with van der Waals surface area (Å²) in [5, 5.41) is 8.07. The van der Waals surface area contributed by atoms with Crippen LogP contribution in [0.4, 0.5) is 5.69 Å². The summed E-state index contributed by atoms with van der Waals surface area (Å²) in [5.74, 6) is -0.519. The van der Waals surface area contributed by atoms with E-state index in [1.807, 2.05) is 24.3 Å². The van der Waals surface area contributed by atoms with Gasteiger partial charge in [-0.05, 0) is 54.3 Å². The van der Waals surface area contributed by atoms with Crippen molar-refractivity contribution >= 4 is 61.0 Å². The maximum atomic E-state index is 12.8. The molecule has 5 aromatic rings. The highest BCUT2D eigenvalue weighted by atomic mass is 32.2. The second-order valence-corrected chi connectivity index (χ2v) is 10.7. The fourth-order valence-corrected chi connectivity index (χ4v) is 6.17. The first kappa shape index (κ1) is 22.8. The lowest BCUT2D eigenvalue weighted by Gasteiger charge is -2.10. The Kier molecular flexibility index (Phi) is 6.10. The fraction of sp³-hybridized carbons (Fsp3) is 0.0769. The number of carbonyl (C=O) groups excluding carboxylic acids is 1. The van der Waals surface area contributed by atoms with Gasteiger partial charge in [0.05, 0.1) is 17.5 Å². The number of hydrogen-bond donors (Lipinski definition) is 2. The summed E-state index contributed by atoms with van der Waals surface area (Å²) in [6, 6.07) is 23.9. The summed E-state index contributed by atoms with van der Waals surface area (Å²) in [5.41, 5.74) is 6.01. The lowest BCUT2D eigenvalue weighted by atomic mass is 10.1. The maximum absolute atomic E-state index is 12.8. The zero-order valence-corrected chi connectivity index (χ0v) is 20.4. The van der Waals surface area contributed by atoms with Crippen LogP contribution in [0, 0.1) is 0 Å². The van der Waals surface area contributed by atoms with Gasteiger partial charge in [-0.15, -0.1) is 11.3 Å². The lowest BCUT2D eigenvalue weighted by molar-refractivity contribution is 0.0956. The maximum Gasteiger partial charge on any atom is 0.273 e. The first-order valence-electron chi connectivity index (χ1n) is 11.0. The number of para-hydroxylation sites is 2. The number of fused-ring (bicyclic) bond motifs is 3. The molecule has 3 aromatic carbocycles. The van der Waals surface area contributed by atoms with Gasteiger partial charge in [0.25, 0.3) is 15.9 Å². The average Bonchev–Trinajstić information content (AvgIpc) is 3.51. The number of anilines is 1. The minimum absolute atomic E-state index is 0.172. The second kappa shape index (κ2) is 9.36. The molecule has 0 unspecified atom stereocenters. The summed E-state index contributed by atoms with van der Waals surface area (Å²) in [7, 11) is -3.78. The molecule has 0 bridgehead atoms. The van der Waals surface area contributed by atoms with E-state index in [0.717, 1.165) is 39.7 Å². The van der Waals surface area contributed by atoms with E-state index in [4.69, 9.17) is 0 Å². The van der Waals surface area contributed by atoms with Crippen LogP contribution in [0.1, 0.15) is 22.8 Å². The molecule has 2 aromatic heterocycles. The van der Waals surface area contributed by atoms with Crippen LogP contribution in [0.5, 0.6) is 0 Å². The van der Waals surface area contributed by atoms with Crippen molar-refractivity contribution in [2.75, 3.05) is 4.72 Å². The van der Waals surface area contributed by atoms with Gasteiger partial charge in [0.15, 0.2) is 0 Å². The van der Waals surface area contributed by atoms with Crippen LogP contribution in [-0.4, -0.2) is 25.1 Å². The van der Waals surface area contributed by atoms with Gasteiger partial charge in [-0.2, -0.15) is 5.10 Å². The summed E-state index contributed by atoms with van der Waals surface area (Å²) in [6.07, 6.45) is 1.58. The highest BCUT2D eigenvalue weighted by Crippen LogP contribution is 2.29. The van der Waals surface area contributed by atoms with Gasteiger partial charge in [0, 0.05) is 28.4 Å². The molecule has 2 N–H and O–H groups in total. The minimum Gasteiger partial charge on any atom is -0.341 e. The predicted molar refractivity (Wildman–Crippen MR) is 142 cm³/mol. The number of nitrogens with one attached hydrogen (secondary N) is 2. The molecule has 0 atom stereocenters. The number of nitrogens with zero attached hydrogens (tertiary/aromatic N) is 2. The smallest absolute Gasteiger partial charge is 0.273 e. The molecule has 0 saturated heterocycles. The van der Waals surface area contributed by atoms with Crippen LogP contribution < -0.4 is 10.1 Å². The highest BCUT2D eigenvalue weighted by molar-refractivity contribution is 7.94. The predicted octanol–water partition coefficient (Wildman–Crippen LogP) is 5.44. The molecule has 2 heterocycles. The topological polar surface area (TPSA) is 92.6 Å². The van der Waals surface area contributed by atoms with Gasteiger partial charge < -0.3 is 4.57 Å². The van der Waals surface area contributed by atoms with Gasteiger partial charge >= 0.3 is 0 Å². The number of carbonyl (C=O) groups is 1. The van der Waals surface area contributed by atoms with Crippen molar-refractivity contribution in [1.29, 1.82) is 0 Å². The Morgan fingerprint density at radius 2 is 1.74 bits per heavy atom. The Hall–Kier alpha value is -3.95. The minimum atomic E-state index is -3.78. The number of benzene rings is 3. The van der Waals surface area contributed by atoms with E-state index in [0.29, 0.717) is 0 Å². The average molecular weight is 503 g/mol. The molecule has 176 valence electrons. The Balaban J connectivity index is 1.37. The van der Waals surface area contributed by atoms with Crippen molar-refractivity contribution in [2.45, 2.75) is 17.7 Å². The molecule has 35 heavy (non-hydrogen) atoms. The molecule has 7 nitrogen and oxygen atoms in total. The SMILES string of the molecule is CCn1c2ccccc2c2cc(C=NNC(=O)c3ccccc3NS(=O)(=O)c3cccs3)ccc21. The summed E-state index contributed by atoms with van der Waals surface area (Å²) in [6.45, 7) is 2.98. The number of sulfonamides is 1. The van der Waals surface area contributed by atoms with E-state index in [2.05, 4.69) is 44.9 Å². The van der Waals surface area contributed by atoms with Gasteiger partial charge in [-0.25, -0.2) is 13.8 Å². The number of hydrogen-bond acceptors (Lipinski definition) is 5. The first-order chi connectivity index (χ1) is 17.0. The normalized spacial score (nSPS) is 11.9. The third kappa shape index (κ3) is 4.43. The van der Waals surface area contributed by atoms with Crippen molar-refractivity contribution in [1.82, 2.24) is 9.99 Å². The van der Waals surface area contributed by atoms with Crippen LogP contribution >= 0.6 is 11.3 Å². The number of thiophene rings is 1. The summed E-state index contributed by atoms with van der Waals surface area (Å²) >= 11 is 1.10. The molecule has 1 amide bonds. The molecule has 0 fully saturated rings. The number of aromatic nitrogens is 1. The molecular formula is C26H22N4O3S2. The Morgan fingerprint density at radius 3 is 2.54 bits per heavy atom. The van der Waals surface area contributed by atoms with E-state index >= 15 is 0 Å². The number of hydrazone groups is 1. The summed E-state index contributed by atoms with van der Waals surface area (Å²) in [4.78, 5) is 12.8. The van der Waals surface area contributed by atoms with Gasteiger partial charge in [-0.1, -0.05) is 42.5 Å². The largest absolute Gasteiger partial charge is 0.341 e. The molecule has 9 heteroatoms. The van der Waals surface area contributed by atoms with Crippen LogP contribution in [0.25, 0.3) is 21.8 Å². The number of aryl methyl sites for hydroxylation is 1. The summed E-state index contributed by atoms with van der Waals surface area (Å²) < 4.78 is 30.1. The quantitative estimate of drug-likeness (QED) is 0.229. The van der Waals surface area contributed by atoms with Crippen molar-refractivity contribution in [3.63, 3.8) is 0 Å². The molecule has 0 saturated carbocycles. The third-order valence-corrected chi connectivity index (χ3v) is 8.43. The molecule has 0 aliphatic heterocycles. The van der Waals surface area contributed by atoms with Gasteiger partial charge in [0.2, 0.25) is 0 Å². The van der Waals surface area contributed by atoms with E-state index in [1.54, 1.807) is 41.9 Å². The zero-order valence-electron chi connectivity index (χ0n) is 18.8. The molecule has 0 aliphatic carbocycles. The zero-order chi connectivity index (χ0) is 24.4. The van der Waals surface area contributed by atoms with E-state index in [9.17, 15) is 13.2 Å². The fourth-order valence-electron chi connectivity index (χ4n) is 4.10. The van der Waals surface area contributed by atoms with E-state index in [1.165, 1.54) is 11.6 Å². The number of amides is 1. The first-order valence-corrected chi connectivity index (χ1v) is 13.3. The van der Waals surface area contributed by atoms with Crippen LogP contribution in [0.3, 0.4) is 0 Å². The van der Waals surface area contributed by atoms with Crippen LogP contribution in [0.15, 0.2) is 93.6 Å². The Bertz CT molecular complexity index is 1670. The van der Waals surface area contributed by atoms with Crippen molar-refractivity contribution in [3.8, 4) is 0 Å². The Morgan fingerprint density at radius 1 is 0.971 bits per heavy atom. The molecular weight excluding hydrogens is 480 g/mol. The monoisotopic (exact) mass is 502 g/mol. The molecule has 0 radical (unpaired) electrons. The van der Waals surface area contributed by atoms with Crippen molar-refractivity contribution in [2.24, 2.45) is 5.10 Å². The van der Waals surface area contributed by atoms with Gasteiger partial charge in [-0.3, -0.25) is 9.52 Å². The van der Waals surface area contributed by atoms with E-state index in [-0.39, 0.29) is 15.5 Å². The standard InChI is InChI=1S/C26H22N4O3S2/c1-2-30-23-11-6-4-8-19(23)21-16-18(13-14-24(21)30)17-27-28-26(31)20-9-3-5-10-22(20)29-35(32,33)25-12-7-15-34-25/h3-17,29H,2H2,1H3,(H,28,31). The van der Waals surface area contributed by atoms with Crippen molar-refractivity contribution < 1.29 is 13.2 Å².